The standard InChI is InChI=1S/C19H18N2OS/c1-12(18-7-4-10-23-18)20-19(22)15-11-17(13-8-9-13)21-16-6-3-2-5-14(15)16/h2-7,10-13H,8-9H2,1H3,(H,20,22). The summed E-state index contributed by atoms with van der Waals surface area (Å²) in [7, 11) is 0. The van der Waals surface area contributed by atoms with Gasteiger partial charge in [-0.15, -0.1) is 11.3 Å². The van der Waals surface area contributed by atoms with E-state index in [0.29, 0.717) is 5.92 Å². The van der Waals surface area contributed by atoms with E-state index in [0.717, 1.165) is 22.2 Å². The molecule has 1 aliphatic rings. The van der Waals surface area contributed by atoms with Crippen LogP contribution in [-0.4, -0.2) is 10.9 Å². The van der Waals surface area contributed by atoms with Crippen molar-refractivity contribution in [3.05, 3.63) is 64.0 Å². The number of benzene rings is 1. The van der Waals surface area contributed by atoms with Gasteiger partial charge in [-0.3, -0.25) is 9.78 Å². The van der Waals surface area contributed by atoms with E-state index < -0.39 is 0 Å². The minimum Gasteiger partial charge on any atom is -0.345 e. The normalized spacial score (nSPS) is 15.5. The maximum absolute atomic E-state index is 12.8. The summed E-state index contributed by atoms with van der Waals surface area (Å²) in [4.78, 5) is 18.7. The number of amides is 1. The number of pyridine rings is 1. The second-order valence-corrected chi connectivity index (χ2v) is 7.08. The SMILES string of the molecule is CC(NC(=O)c1cc(C2CC2)nc2ccccc12)c1cccs1. The fourth-order valence-electron chi connectivity index (χ4n) is 2.86. The number of rotatable bonds is 4. The van der Waals surface area contributed by atoms with Gasteiger partial charge in [0.25, 0.3) is 5.91 Å². The monoisotopic (exact) mass is 322 g/mol. The van der Waals surface area contributed by atoms with Crippen LogP contribution in [0.3, 0.4) is 0 Å². The molecule has 1 aromatic carbocycles. The van der Waals surface area contributed by atoms with Crippen LogP contribution in [0.1, 0.15) is 52.7 Å². The molecule has 1 unspecified atom stereocenters. The highest BCUT2D eigenvalue weighted by Crippen LogP contribution is 2.40. The van der Waals surface area contributed by atoms with Crippen LogP contribution in [-0.2, 0) is 0 Å². The second-order valence-electron chi connectivity index (χ2n) is 6.10. The van der Waals surface area contributed by atoms with E-state index in [1.807, 2.05) is 48.7 Å². The first-order chi connectivity index (χ1) is 11.2. The van der Waals surface area contributed by atoms with E-state index in [9.17, 15) is 4.79 Å². The summed E-state index contributed by atoms with van der Waals surface area (Å²) in [6, 6.07) is 14.0. The number of aromatic nitrogens is 1. The lowest BCUT2D eigenvalue weighted by Crippen LogP contribution is -2.26. The molecular formula is C19H18N2OS. The Labute approximate surface area is 139 Å². The molecule has 0 saturated heterocycles. The van der Waals surface area contributed by atoms with E-state index >= 15 is 0 Å². The highest BCUT2D eigenvalue weighted by atomic mass is 32.1. The molecule has 1 aliphatic carbocycles. The predicted octanol–water partition coefficient (Wildman–Crippen LogP) is 4.66. The molecule has 4 heteroatoms. The zero-order valence-corrected chi connectivity index (χ0v) is 13.8. The maximum atomic E-state index is 12.8. The van der Waals surface area contributed by atoms with Crippen molar-refractivity contribution in [3.63, 3.8) is 0 Å². The number of para-hydroxylation sites is 1. The highest BCUT2D eigenvalue weighted by molar-refractivity contribution is 7.10. The Hall–Kier alpha value is -2.20. The van der Waals surface area contributed by atoms with E-state index in [-0.39, 0.29) is 11.9 Å². The van der Waals surface area contributed by atoms with Crippen LogP contribution in [0, 0.1) is 0 Å². The molecule has 0 bridgehead atoms. The largest absolute Gasteiger partial charge is 0.345 e. The topological polar surface area (TPSA) is 42.0 Å². The summed E-state index contributed by atoms with van der Waals surface area (Å²) in [6.45, 7) is 2.02. The molecule has 116 valence electrons. The lowest BCUT2D eigenvalue weighted by Gasteiger charge is -2.14. The van der Waals surface area contributed by atoms with Gasteiger partial charge in [-0.05, 0) is 43.3 Å². The van der Waals surface area contributed by atoms with Gasteiger partial charge in [0.1, 0.15) is 0 Å². The molecule has 4 rings (SSSR count). The van der Waals surface area contributed by atoms with Crippen molar-refractivity contribution in [2.24, 2.45) is 0 Å². The molecule has 3 aromatic rings. The zero-order chi connectivity index (χ0) is 15.8. The predicted molar refractivity (Wildman–Crippen MR) is 93.9 cm³/mol. The lowest BCUT2D eigenvalue weighted by molar-refractivity contribution is 0.0942. The van der Waals surface area contributed by atoms with Crippen molar-refractivity contribution in [1.82, 2.24) is 10.3 Å². The van der Waals surface area contributed by atoms with Crippen molar-refractivity contribution in [1.29, 1.82) is 0 Å². The molecule has 23 heavy (non-hydrogen) atoms. The third-order valence-electron chi connectivity index (χ3n) is 4.29. The summed E-state index contributed by atoms with van der Waals surface area (Å²) in [5.74, 6) is 0.507. The molecule has 0 aliphatic heterocycles. The third-order valence-corrected chi connectivity index (χ3v) is 5.35. The van der Waals surface area contributed by atoms with Crippen LogP contribution in [0.25, 0.3) is 10.9 Å². The van der Waals surface area contributed by atoms with Gasteiger partial charge in [0.15, 0.2) is 0 Å². The first-order valence-electron chi connectivity index (χ1n) is 7.96. The molecular weight excluding hydrogens is 304 g/mol. The summed E-state index contributed by atoms with van der Waals surface area (Å²) in [5, 5.41) is 6.08. The lowest BCUT2D eigenvalue weighted by atomic mass is 10.0. The summed E-state index contributed by atoms with van der Waals surface area (Å²) in [5.41, 5.74) is 2.70. The molecule has 1 fully saturated rings. The average molecular weight is 322 g/mol. The van der Waals surface area contributed by atoms with Gasteiger partial charge in [0.2, 0.25) is 0 Å². The maximum Gasteiger partial charge on any atom is 0.252 e. The molecule has 1 atom stereocenters. The Morgan fingerprint density at radius 1 is 1.26 bits per heavy atom. The summed E-state index contributed by atoms with van der Waals surface area (Å²) >= 11 is 1.66. The zero-order valence-electron chi connectivity index (χ0n) is 13.0. The van der Waals surface area contributed by atoms with Crippen LogP contribution in [0.15, 0.2) is 47.8 Å². The number of thiophene rings is 1. The number of carbonyl (C=O) groups is 1. The van der Waals surface area contributed by atoms with Crippen LogP contribution in [0.2, 0.25) is 0 Å². The summed E-state index contributed by atoms with van der Waals surface area (Å²) in [6.07, 6.45) is 2.36. The number of hydrogen-bond donors (Lipinski definition) is 1. The van der Waals surface area contributed by atoms with Gasteiger partial charge in [-0.1, -0.05) is 24.3 Å². The first-order valence-corrected chi connectivity index (χ1v) is 8.84. The quantitative estimate of drug-likeness (QED) is 0.759. The van der Waals surface area contributed by atoms with E-state index in [2.05, 4.69) is 11.4 Å². The average Bonchev–Trinajstić information content (AvgIpc) is 3.27. The Bertz CT molecular complexity index is 853. The second kappa shape index (κ2) is 5.78. The van der Waals surface area contributed by atoms with Crippen LogP contribution in [0.5, 0.6) is 0 Å². The van der Waals surface area contributed by atoms with E-state index in [1.54, 1.807) is 11.3 Å². The van der Waals surface area contributed by atoms with Crippen LogP contribution < -0.4 is 5.32 Å². The van der Waals surface area contributed by atoms with Gasteiger partial charge in [0, 0.05) is 21.9 Å². The first kappa shape index (κ1) is 14.4. The van der Waals surface area contributed by atoms with Crippen LogP contribution >= 0.6 is 11.3 Å². The van der Waals surface area contributed by atoms with Gasteiger partial charge in [-0.2, -0.15) is 0 Å². The number of carbonyl (C=O) groups excluding carboxylic acids is 1. The van der Waals surface area contributed by atoms with Gasteiger partial charge >= 0.3 is 0 Å². The molecule has 1 N–H and O–H groups in total. The fraction of sp³-hybridized carbons (Fsp3) is 0.263. The van der Waals surface area contributed by atoms with Crippen molar-refractivity contribution in [2.75, 3.05) is 0 Å². The van der Waals surface area contributed by atoms with E-state index in [4.69, 9.17) is 4.98 Å². The number of fused-ring (bicyclic) bond motifs is 1. The smallest absolute Gasteiger partial charge is 0.252 e. The van der Waals surface area contributed by atoms with E-state index in [1.165, 1.54) is 17.7 Å². The molecule has 0 spiro atoms. The third kappa shape index (κ3) is 2.86. The van der Waals surface area contributed by atoms with Gasteiger partial charge < -0.3 is 5.32 Å². The van der Waals surface area contributed by atoms with Crippen molar-refractivity contribution in [2.45, 2.75) is 31.7 Å². The molecule has 1 saturated carbocycles. The Balaban J connectivity index is 1.70. The van der Waals surface area contributed by atoms with Crippen LogP contribution in [0.4, 0.5) is 0 Å². The minimum absolute atomic E-state index is 0.0128. The molecule has 3 nitrogen and oxygen atoms in total. The van der Waals surface area contributed by atoms with Crippen molar-refractivity contribution in [3.8, 4) is 0 Å². The van der Waals surface area contributed by atoms with Gasteiger partial charge in [0.05, 0.1) is 17.1 Å². The number of nitrogens with one attached hydrogen (secondary N) is 1. The van der Waals surface area contributed by atoms with Crippen molar-refractivity contribution >= 4 is 28.1 Å². The fourth-order valence-corrected chi connectivity index (χ4v) is 3.59. The molecule has 1 amide bonds. The Kier molecular flexibility index (Phi) is 3.62. The summed E-state index contributed by atoms with van der Waals surface area (Å²) < 4.78 is 0. The van der Waals surface area contributed by atoms with Gasteiger partial charge in [-0.25, -0.2) is 0 Å². The number of nitrogens with zero attached hydrogens (tertiary/aromatic N) is 1. The Morgan fingerprint density at radius 2 is 2.09 bits per heavy atom. The minimum atomic E-state index is -0.0219. The molecule has 2 heterocycles. The van der Waals surface area contributed by atoms with Crippen molar-refractivity contribution < 1.29 is 4.79 Å². The highest BCUT2D eigenvalue weighted by Gasteiger charge is 2.27. The Morgan fingerprint density at radius 3 is 2.83 bits per heavy atom. The molecule has 2 aromatic heterocycles. The molecule has 0 radical (unpaired) electrons. The number of hydrogen-bond acceptors (Lipinski definition) is 3.